The summed E-state index contributed by atoms with van der Waals surface area (Å²) in [6.45, 7) is 4.67. The number of carbonyl (C=O) groups excluding carboxylic acids is 2. The first kappa shape index (κ1) is 31.1. The molecule has 0 saturated carbocycles. The summed E-state index contributed by atoms with van der Waals surface area (Å²) >= 11 is 0. The number of fused-ring (bicyclic) bond motifs is 1. The van der Waals surface area contributed by atoms with E-state index in [1.165, 1.54) is 39.2 Å². The number of aromatic nitrogens is 1. The summed E-state index contributed by atoms with van der Waals surface area (Å²) in [6.07, 6.45) is -4.88. The molecule has 0 spiro atoms. The van der Waals surface area contributed by atoms with E-state index in [2.05, 4.69) is 4.74 Å². The van der Waals surface area contributed by atoms with Crippen LogP contribution in [-0.4, -0.2) is 35.4 Å². The molecule has 204 valence electrons. The van der Waals surface area contributed by atoms with Gasteiger partial charge in [0, 0.05) is 29.3 Å². The maximum absolute atomic E-state index is 13.6. The van der Waals surface area contributed by atoms with Crippen LogP contribution in [0.4, 0.5) is 13.2 Å². The Balaban J connectivity index is 0.00000441. The van der Waals surface area contributed by atoms with Crippen molar-refractivity contribution in [1.82, 2.24) is 4.57 Å². The summed E-state index contributed by atoms with van der Waals surface area (Å²) in [5.41, 5.74) is 0.868. The van der Waals surface area contributed by atoms with Gasteiger partial charge in [-0.25, -0.2) is 0 Å². The van der Waals surface area contributed by atoms with E-state index in [0.717, 1.165) is 5.56 Å². The van der Waals surface area contributed by atoms with Crippen LogP contribution in [0.2, 0.25) is 0 Å². The molecule has 0 saturated heterocycles. The molecule has 1 aromatic heterocycles. The Hall–Kier alpha value is -3.47. The summed E-state index contributed by atoms with van der Waals surface area (Å²) in [7, 11) is 1.51. The van der Waals surface area contributed by atoms with E-state index in [1.54, 1.807) is 60.0 Å². The molecule has 0 aliphatic heterocycles. The van der Waals surface area contributed by atoms with Crippen LogP contribution in [0.5, 0.6) is 17.2 Å². The Labute approximate surface area is 250 Å². The summed E-state index contributed by atoms with van der Waals surface area (Å²) < 4.78 is 55.3. The molecule has 0 fully saturated rings. The summed E-state index contributed by atoms with van der Waals surface area (Å²) in [6, 6.07) is 17.0. The number of carboxylic acid groups (broad SMARTS) is 1. The molecule has 0 atom stereocenters. The van der Waals surface area contributed by atoms with Crippen molar-refractivity contribution in [1.29, 1.82) is 0 Å². The van der Waals surface area contributed by atoms with Crippen molar-refractivity contribution in [2.75, 3.05) is 7.11 Å². The van der Waals surface area contributed by atoms with Crippen molar-refractivity contribution in [3.63, 3.8) is 0 Å². The number of aliphatic carboxylic acids is 1. The third kappa shape index (κ3) is 6.80. The van der Waals surface area contributed by atoms with Crippen LogP contribution in [0, 0.1) is 6.92 Å². The minimum Gasteiger partial charge on any atom is -0.546 e. The average molecular weight is 564 g/mol. The minimum atomic E-state index is -4.88. The van der Waals surface area contributed by atoms with Gasteiger partial charge in [0.2, 0.25) is 0 Å². The summed E-state index contributed by atoms with van der Waals surface area (Å²) in [5, 5.41) is 11.7. The van der Waals surface area contributed by atoms with Gasteiger partial charge in [-0.1, -0.05) is 12.1 Å². The number of rotatable bonds is 9. The molecular weight excluding hydrogens is 538 g/mol. The van der Waals surface area contributed by atoms with Gasteiger partial charge in [-0.15, -0.1) is 13.2 Å². The smallest absolute Gasteiger partial charge is 0.546 e. The van der Waals surface area contributed by atoms with Crippen LogP contribution in [0.3, 0.4) is 0 Å². The topological polar surface area (TPSA) is 89.8 Å². The van der Waals surface area contributed by atoms with E-state index >= 15 is 0 Å². The zero-order valence-electron chi connectivity index (χ0n) is 22.6. The van der Waals surface area contributed by atoms with Crippen molar-refractivity contribution in [2.24, 2.45) is 0 Å². The monoisotopic (exact) mass is 563 g/mol. The van der Waals surface area contributed by atoms with Crippen LogP contribution in [0.15, 0.2) is 66.7 Å². The van der Waals surface area contributed by atoms with E-state index in [1.807, 2.05) is 0 Å². The first-order chi connectivity index (χ1) is 18.3. The number of benzene rings is 3. The number of halogens is 3. The predicted octanol–water partition coefficient (Wildman–Crippen LogP) is 2.05. The fraction of sp³-hybridized carbons (Fsp3) is 0.241. The van der Waals surface area contributed by atoms with Crippen LogP contribution >= 0.6 is 0 Å². The van der Waals surface area contributed by atoms with Gasteiger partial charge in [-0.3, -0.25) is 4.79 Å². The molecule has 7 nitrogen and oxygen atoms in total. The molecule has 0 radical (unpaired) electrons. The molecule has 4 rings (SSSR count). The number of hydrogen-bond acceptors (Lipinski definition) is 6. The molecular formula is C29H25F3NNaO6. The Bertz CT molecular complexity index is 1530. The van der Waals surface area contributed by atoms with Gasteiger partial charge in [0.05, 0.1) is 24.2 Å². The molecule has 3 aromatic carbocycles. The van der Waals surface area contributed by atoms with E-state index in [4.69, 9.17) is 9.47 Å². The van der Waals surface area contributed by atoms with Crippen molar-refractivity contribution >= 4 is 22.7 Å². The number of ketones is 1. The molecule has 0 N–H and O–H groups in total. The summed E-state index contributed by atoms with van der Waals surface area (Å²) in [4.78, 5) is 24.8. The number of methoxy groups -OCH3 is 1. The van der Waals surface area contributed by atoms with Gasteiger partial charge in [0.15, 0.2) is 5.78 Å². The number of nitrogens with zero attached hydrogens (tertiary/aromatic N) is 1. The fourth-order valence-electron chi connectivity index (χ4n) is 4.21. The number of alkyl halides is 3. The van der Waals surface area contributed by atoms with Gasteiger partial charge >= 0.3 is 35.9 Å². The first-order valence-electron chi connectivity index (χ1n) is 11.9. The quantitative estimate of drug-likeness (QED) is 0.229. The molecule has 11 heteroatoms. The van der Waals surface area contributed by atoms with E-state index in [-0.39, 0.29) is 41.9 Å². The Morgan fingerprint density at radius 3 is 2.00 bits per heavy atom. The molecule has 0 aliphatic carbocycles. The van der Waals surface area contributed by atoms with Gasteiger partial charge in [-0.05, 0) is 74.9 Å². The number of carbonyl (C=O) groups is 2. The third-order valence-corrected chi connectivity index (χ3v) is 6.24. The number of carboxylic acids is 1. The van der Waals surface area contributed by atoms with Gasteiger partial charge in [-0.2, -0.15) is 0 Å². The van der Waals surface area contributed by atoms with E-state index < -0.39 is 23.7 Å². The standard InChI is InChI=1S/C29H26F3NO6.Na/c1-17-25(26(34)19-7-11-20(37-4)12-8-19)23-14-13-22(39-29(30,31)32)15-24(23)33(17)16-18-5-9-21(10-6-18)38-28(2,3)27(35)36;/h5-15H,16H2,1-4H3,(H,35,36);/q;+1/p-1. The molecule has 1 heterocycles. The van der Waals surface area contributed by atoms with E-state index in [0.29, 0.717) is 39.2 Å². The van der Waals surface area contributed by atoms with Crippen LogP contribution in [0.25, 0.3) is 10.9 Å². The maximum Gasteiger partial charge on any atom is 1.00 e. The molecule has 4 aromatic rings. The summed E-state index contributed by atoms with van der Waals surface area (Å²) in [5.74, 6) is -1.19. The second-order valence-corrected chi connectivity index (χ2v) is 9.37. The van der Waals surface area contributed by atoms with E-state index in [9.17, 15) is 27.9 Å². The van der Waals surface area contributed by atoms with Crippen molar-refractivity contribution in [3.05, 3.63) is 89.1 Å². The van der Waals surface area contributed by atoms with Gasteiger partial charge in [0.1, 0.15) is 22.8 Å². The molecule has 40 heavy (non-hydrogen) atoms. The fourth-order valence-corrected chi connectivity index (χ4v) is 4.21. The normalized spacial score (nSPS) is 11.6. The van der Waals surface area contributed by atoms with Crippen LogP contribution in [-0.2, 0) is 11.3 Å². The molecule has 0 unspecified atom stereocenters. The zero-order chi connectivity index (χ0) is 28.5. The average Bonchev–Trinajstić information content (AvgIpc) is 3.14. The van der Waals surface area contributed by atoms with Crippen LogP contribution in [0.1, 0.15) is 41.0 Å². The van der Waals surface area contributed by atoms with Crippen molar-refractivity contribution in [3.8, 4) is 17.2 Å². The van der Waals surface area contributed by atoms with Crippen molar-refractivity contribution < 1.29 is 71.6 Å². The molecule has 0 amide bonds. The van der Waals surface area contributed by atoms with Crippen LogP contribution < -0.4 is 48.9 Å². The number of ether oxygens (including phenoxy) is 3. The minimum absolute atomic E-state index is 0. The SMILES string of the molecule is COc1ccc(C(=O)c2c(C)n(Cc3ccc(OC(C)(C)C(=O)[O-])cc3)c3cc(OC(F)(F)F)ccc23)cc1.[Na+]. The molecule has 0 bridgehead atoms. The predicted molar refractivity (Wildman–Crippen MR) is 135 cm³/mol. The van der Waals surface area contributed by atoms with Crippen molar-refractivity contribution in [2.45, 2.75) is 39.3 Å². The second-order valence-electron chi connectivity index (χ2n) is 9.37. The largest absolute Gasteiger partial charge is 1.00 e. The second kappa shape index (κ2) is 12.0. The Kier molecular flexibility index (Phi) is 9.28. The Morgan fingerprint density at radius 1 is 0.875 bits per heavy atom. The number of hydrogen-bond donors (Lipinski definition) is 0. The van der Waals surface area contributed by atoms with Gasteiger partial charge in [0.25, 0.3) is 0 Å². The molecule has 0 aliphatic rings. The maximum atomic E-state index is 13.6. The first-order valence-corrected chi connectivity index (χ1v) is 11.9. The Morgan fingerprint density at radius 2 is 1.45 bits per heavy atom. The zero-order valence-corrected chi connectivity index (χ0v) is 24.6. The third-order valence-electron chi connectivity index (χ3n) is 6.24. The van der Waals surface area contributed by atoms with Gasteiger partial charge < -0.3 is 28.7 Å².